The Balaban J connectivity index is 1.47. The second kappa shape index (κ2) is 8.02. The van der Waals surface area contributed by atoms with E-state index in [2.05, 4.69) is 26.8 Å². The first-order valence-corrected chi connectivity index (χ1v) is 12.3. The maximum Gasteiger partial charge on any atom is 0.305 e. The van der Waals surface area contributed by atoms with Gasteiger partial charge in [0.05, 0.1) is 12.7 Å². The van der Waals surface area contributed by atoms with Gasteiger partial charge in [-0.1, -0.05) is 32.4 Å². The van der Waals surface area contributed by atoms with Crippen LogP contribution in [0.2, 0.25) is 0 Å². The number of hydrogen-bond donors (Lipinski definition) is 1. The summed E-state index contributed by atoms with van der Waals surface area (Å²) in [6.45, 7) is 9.87. The molecule has 0 aromatic carbocycles. The molecular weight excluding hydrogens is 360 g/mol. The van der Waals surface area contributed by atoms with Gasteiger partial charge in [0.1, 0.15) is 0 Å². The first-order valence-electron chi connectivity index (χ1n) is 12.3. The molecule has 3 heteroatoms. The Morgan fingerprint density at radius 3 is 2.72 bits per heavy atom. The van der Waals surface area contributed by atoms with E-state index in [1.54, 1.807) is 5.57 Å². The van der Waals surface area contributed by atoms with Crippen LogP contribution in [0.25, 0.3) is 0 Å². The molecule has 0 unspecified atom stereocenters. The van der Waals surface area contributed by atoms with E-state index in [-0.39, 0.29) is 12.1 Å². The zero-order valence-electron chi connectivity index (χ0n) is 19.1. The van der Waals surface area contributed by atoms with Crippen LogP contribution in [-0.2, 0) is 9.53 Å². The van der Waals surface area contributed by atoms with Crippen molar-refractivity contribution in [2.45, 2.75) is 98.0 Å². The SMILES string of the molecule is CCOC(=O)CC[C@H](C)[C@@H]1CC[C@@H]2[C@@H]3CCC4=C[C@@H](O)CC[C@]4(C)[C@@H]3CC[C@@]21C. The highest BCUT2D eigenvalue weighted by atomic mass is 16.5. The predicted octanol–water partition coefficient (Wildman–Crippen LogP) is 5.91. The van der Waals surface area contributed by atoms with Crippen LogP contribution >= 0.6 is 0 Å². The molecular formula is C26H42O3. The minimum absolute atomic E-state index is 0.0261. The first kappa shape index (κ1) is 21.4. The van der Waals surface area contributed by atoms with Crippen molar-refractivity contribution in [1.82, 2.24) is 0 Å². The van der Waals surface area contributed by atoms with Gasteiger partial charge in [-0.25, -0.2) is 0 Å². The van der Waals surface area contributed by atoms with Gasteiger partial charge in [-0.2, -0.15) is 0 Å². The van der Waals surface area contributed by atoms with Gasteiger partial charge in [0.2, 0.25) is 0 Å². The summed E-state index contributed by atoms with van der Waals surface area (Å²) < 4.78 is 5.16. The maximum absolute atomic E-state index is 11.9. The maximum atomic E-state index is 11.9. The molecule has 0 aliphatic heterocycles. The Labute approximate surface area is 177 Å². The molecule has 3 nitrogen and oxygen atoms in total. The van der Waals surface area contributed by atoms with E-state index in [0.717, 1.165) is 36.5 Å². The van der Waals surface area contributed by atoms with Crippen molar-refractivity contribution < 1.29 is 14.6 Å². The van der Waals surface area contributed by atoms with Crippen LogP contribution in [0, 0.1) is 40.4 Å². The Bertz CT molecular complexity index is 654. The largest absolute Gasteiger partial charge is 0.466 e. The second-order valence-electron chi connectivity index (χ2n) is 11.2. The van der Waals surface area contributed by atoms with Gasteiger partial charge in [-0.15, -0.1) is 0 Å². The van der Waals surface area contributed by atoms with Crippen LogP contribution in [0.3, 0.4) is 0 Å². The van der Waals surface area contributed by atoms with Crippen molar-refractivity contribution >= 4 is 5.97 Å². The number of fused-ring (bicyclic) bond motifs is 5. The van der Waals surface area contributed by atoms with Crippen LogP contribution in [0.1, 0.15) is 91.9 Å². The zero-order valence-corrected chi connectivity index (χ0v) is 19.1. The minimum Gasteiger partial charge on any atom is -0.466 e. The van der Waals surface area contributed by atoms with Crippen molar-refractivity contribution in [1.29, 1.82) is 0 Å². The first-order chi connectivity index (χ1) is 13.8. The summed E-state index contributed by atoms with van der Waals surface area (Å²) in [4.78, 5) is 11.9. The highest BCUT2D eigenvalue weighted by Gasteiger charge is 2.59. The number of ether oxygens (including phenoxy) is 1. The fourth-order valence-corrected chi connectivity index (χ4v) is 8.47. The van der Waals surface area contributed by atoms with E-state index < -0.39 is 0 Å². The molecule has 8 atom stereocenters. The molecule has 0 heterocycles. The summed E-state index contributed by atoms with van der Waals surface area (Å²) in [7, 11) is 0. The third-order valence-electron chi connectivity index (χ3n) is 9.96. The summed E-state index contributed by atoms with van der Waals surface area (Å²) in [6, 6.07) is 0. The average molecular weight is 403 g/mol. The van der Waals surface area contributed by atoms with Crippen molar-refractivity contribution in [2.24, 2.45) is 40.4 Å². The lowest BCUT2D eigenvalue weighted by Gasteiger charge is -2.59. The van der Waals surface area contributed by atoms with Gasteiger partial charge < -0.3 is 9.84 Å². The lowest BCUT2D eigenvalue weighted by Crippen LogP contribution is -2.51. The number of aliphatic hydroxyl groups is 1. The molecule has 0 radical (unpaired) electrons. The van der Waals surface area contributed by atoms with E-state index in [1.165, 1.54) is 44.9 Å². The van der Waals surface area contributed by atoms with Crippen LogP contribution in [0.4, 0.5) is 0 Å². The molecule has 164 valence electrons. The van der Waals surface area contributed by atoms with Gasteiger partial charge in [-0.05, 0) is 105 Å². The topological polar surface area (TPSA) is 46.5 Å². The van der Waals surface area contributed by atoms with Crippen molar-refractivity contribution in [2.75, 3.05) is 6.61 Å². The van der Waals surface area contributed by atoms with E-state index in [1.807, 2.05) is 6.92 Å². The highest BCUT2D eigenvalue weighted by Crippen LogP contribution is 2.67. The lowest BCUT2D eigenvalue weighted by atomic mass is 9.46. The Hall–Kier alpha value is -0.830. The lowest BCUT2D eigenvalue weighted by molar-refractivity contribution is -0.143. The standard InChI is InChI=1S/C26H42O3/c1-5-29-24(28)11-6-17(2)21-9-10-22-20-8-7-18-16-19(27)12-14-25(18,3)23(20)13-15-26(21,22)4/h16-17,19-23,27H,5-15H2,1-4H3/t17-,19-,20-,21-,22+,23+,25-,26+/m0/s1. The van der Waals surface area contributed by atoms with Crippen LogP contribution < -0.4 is 0 Å². The summed E-state index contributed by atoms with van der Waals surface area (Å²) in [5.74, 6) is 3.84. The number of carbonyl (C=O) groups excluding carboxylic acids is 1. The third kappa shape index (κ3) is 3.60. The average Bonchev–Trinajstić information content (AvgIpc) is 3.04. The molecule has 4 aliphatic rings. The molecule has 0 aromatic rings. The van der Waals surface area contributed by atoms with E-state index in [9.17, 15) is 9.90 Å². The Morgan fingerprint density at radius 1 is 1.17 bits per heavy atom. The Morgan fingerprint density at radius 2 is 1.97 bits per heavy atom. The zero-order chi connectivity index (χ0) is 20.8. The highest BCUT2D eigenvalue weighted by molar-refractivity contribution is 5.69. The monoisotopic (exact) mass is 402 g/mol. The van der Waals surface area contributed by atoms with Gasteiger partial charge >= 0.3 is 5.97 Å². The van der Waals surface area contributed by atoms with E-state index in [4.69, 9.17) is 4.74 Å². The molecule has 0 amide bonds. The van der Waals surface area contributed by atoms with E-state index in [0.29, 0.717) is 29.8 Å². The number of carbonyl (C=O) groups is 1. The molecule has 29 heavy (non-hydrogen) atoms. The van der Waals surface area contributed by atoms with Crippen LogP contribution in [0.5, 0.6) is 0 Å². The summed E-state index contributed by atoms with van der Waals surface area (Å²) in [5, 5.41) is 10.2. The van der Waals surface area contributed by atoms with Crippen molar-refractivity contribution in [3.63, 3.8) is 0 Å². The number of aliphatic hydroxyl groups excluding tert-OH is 1. The fraction of sp³-hybridized carbons (Fsp3) is 0.885. The van der Waals surface area contributed by atoms with Crippen molar-refractivity contribution in [3.05, 3.63) is 11.6 Å². The van der Waals surface area contributed by atoms with Crippen LogP contribution in [-0.4, -0.2) is 23.8 Å². The minimum atomic E-state index is -0.209. The number of esters is 1. The molecule has 3 fully saturated rings. The molecule has 0 aromatic heterocycles. The fourth-order valence-electron chi connectivity index (χ4n) is 8.47. The summed E-state index contributed by atoms with van der Waals surface area (Å²) in [6.07, 6.45) is 13.6. The third-order valence-corrected chi connectivity index (χ3v) is 9.96. The molecule has 4 rings (SSSR count). The molecule has 0 bridgehead atoms. The second-order valence-corrected chi connectivity index (χ2v) is 11.2. The van der Waals surface area contributed by atoms with Gasteiger partial charge in [0.15, 0.2) is 0 Å². The van der Waals surface area contributed by atoms with Crippen molar-refractivity contribution in [3.8, 4) is 0 Å². The molecule has 0 spiro atoms. The number of rotatable bonds is 5. The quantitative estimate of drug-likeness (QED) is 0.459. The number of allylic oxidation sites excluding steroid dienone is 1. The number of hydrogen-bond acceptors (Lipinski definition) is 3. The smallest absolute Gasteiger partial charge is 0.305 e. The normalized spacial score (nSPS) is 44.9. The van der Waals surface area contributed by atoms with Gasteiger partial charge in [0.25, 0.3) is 0 Å². The molecule has 4 aliphatic carbocycles. The van der Waals surface area contributed by atoms with Crippen LogP contribution in [0.15, 0.2) is 11.6 Å². The van der Waals surface area contributed by atoms with Gasteiger partial charge in [0, 0.05) is 6.42 Å². The molecule has 3 saturated carbocycles. The van der Waals surface area contributed by atoms with Gasteiger partial charge in [-0.3, -0.25) is 4.79 Å². The summed E-state index contributed by atoms with van der Waals surface area (Å²) >= 11 is 0. The Kier molecular flexibility index (Phi) is 5.92. The van der Waals surface area contributed by atoms with E-state index >= 15 is 0 Å². The molecule has 0 saturated heterocycles. The molecule has 1 N–H and O–H groups in total. The summed E-state index contributed by atoms with van der Waals surface area (Å²) in [5.41, 5.74) is 2.34. The predicted molar refractivity (Wildman–Crippen MR) is 116 cm³/mol.